The molecular weight excluding hydrogens is 302 g/mol. The minimum atomic E-state index is 0.0917. The highest BCUT2D eigenvalue weighted by molar-refractivity contribution is 5.95. The van der Waals surface area contributed by atoms with Gasteiger partial charge in [0, 0.05) is 38.6 Å². The van der Waals surface area contributed by atoms with Crippen molar-refractivity contribution in [3.05, 3.63) is 41.9 Å². The van der Waals surface area contributed by atoms with E-state index in [-0.39, 0.29) is 11.9 Å². The minimum absolute atomic E-state index is 0.0917. The van der Waals surface area contributed by atoms with Crippen LogP contribution in [0.3, 0.4) is 0 Å². The van der Waals surface area contributed by atoms with Gasteiger partial charge in [0.1, 0.15) is 5.82 Å². The zero-order valence-corrected chi connectivity index (χ0v) is 14.6. The molecule has 3 rings (SSSR count). The molecule has 0 aliphatic carbocycles. The second-order valence-corrected chi connectivity index (χ2v) is 6.69. The minimum Gasteiger partial charge on any atom is -0.363 e. The van der Waals surface area contributed by atoms with E-state index in [1.54, 1.807) is 12.3 Å². The number of likely N-dealkylation sites (tertiary alicyclic amines) is 1. The number of carbonyl (C=O) groups excluding carboxylic acids is 1. The molecule has 6 heteroatoms. The molecular formula is C18H25N5O. The van der Waals surface area contributed by atoms with E-state index >= 15 is 0 Å². The Hall–Kier alpha value is -2.37. The molecule has 0 bridgehead atoms. The van der Waals surface area contributed by atoms with E-state index < -0.39 is 0 Å². The van der Waals surface area contributed by atoms with Gasteiger partial charge in [0.15, 0.2) is 0 Å². The van der Waals surface area contributed by atoms with Crippen LogP contribution in [0.1, 0.15) is 35.2 Å². The maximum atomic E-state index is 13.0. The van der Waals surface area contributed by atoms with Crippen LogP contribution in [-0.2, 0) is 6.54 Å². The number of rotatable bonds is 4. The molecule has 1 saturated heterocycles. The van der Waals surface area contributed by atoms with E-state index in [9.17, 15) is 4.79 Å². The van der Waals surface area contributed by atoms with Crippen molar-refractivity contribution in [1.29, 1.82) is 0 Å². The molecule has 1 atom stereocenters. The molecule has 6 nitrogen and oxygen atoms in total. The van der Waals surface area contributed by atoms with Crippen molar-refractivity contribution >= 4 is 11.7 Å². The Balaban J connectivity index is 1.79. The largest absolute Gasteiger partial charge is 0.363 e. The Morgan fingerprint density at radius 2 is 2.21 bits per heavy atom. The molecule has 0 radical (unpaired) electrons. The molecule has 1 aliphatic heterocycles. The van der Waals surface area contributed by atoms with Gasteiger partial charge in [0.2, 0.25) is 0 Å². The lowest BCUT2D eigenvalue weighted by Crippen LogP contribution is -2.46. The molecule has 3 heterocycles. The van der Waals surface area contributed by atoms with E-state index in [0.717, 1.165) is 43.7 Å². The highest BCUT2D eigenvalue weighted by Crippen LogP contribution is 2.22. The molecule has 128 valence electrons. The molecule has 2 aromatic rings. The van der Waals surface area contributed by atoms with Crippen LogP contribution in [0, 0.1) is 6.92 Å². The third-order valence-corrected chi connectivity index (χ3v) is 4.50. The van der Waals surface area contributed by atoms with E-state index in [0.29, 0.717) is 5.56 Å². The summed E-state index contributed by atoms with van der Waals surface area (Å²) in [6.45, 7) is 3.60. The average molecular weight is 327 g/mol. The van der Waals surface area contributed by atoms with Crippen LogP contribution in [0.4, 0.5) is 5.82 Å². The number of amides is 1. The third-order valence-electron chi connectivity index (χ3n) is 4.50. The number of piperidine rings is 1. The van der Waals surface area contributed by atoms with Crippen LogP contribution in [0.15, 0.2) is 30.7 Å². The van der Waals surface area contributed by atoms with Gasteiger partial charge in [-0.15, -0.1) is 0 Å². The van der Waals surface area contributed by atoms with Crippen LogP contribution in [0.2, 0.25) is 0 Å². The van der Waals surface area contributed by atoms with Crippen LogP contribution < -0.4 is 4.90 Å². The zero-order valence-electron chi connectivity index (χ0n) is 14.6. The van der Waals surface area contributed by atoms with Crippen molar-refractivity contribution < 1.29 is 4.79 Å². The van der Waals surface area contributed by atoms with Crippen LogP contribution in [0.5, 0.6) is 0 Å². The van der Waals surface area contributed by atoms with Crippen LogP contribution in [-0.4, -0.2) is 52.3 Å². The second-order valence-electron chi connectivity index (χ2n) is 6.69. The molecule has 0 N–H and O–H groups in total. The van der Waals surface area contributed by atoms with Crippen LogP contribution >= 0.6 is 0 Å². The number of anilines is 1. The monoisotopic (exact) mass is 327 g/mol. The topological polar surface area (TPSA) is 54.3 Å². The van der Waals surface area contributed by atoms with Gasteiger partial charge < -0.3 is 9.80 Å². The van der Waals surface area contributed by atoms with Crippen molar-refractivity contribution in [3.8, 4) is 0 Å². The normalized spacial score (nSPS) is 17.8. The van der Waals surface area contributed by atoms with E-state index in [1.165, 1.54) is 0 Å². The Bertz CT molecular complexity index is 709. The first-order valence-corrected chi connectivity index (χ1v) is 8.48. The van der Waals surface area contributed by atoms with Gasteiger partial charge in [-0.25, -0.2) is 4.98 Å². The maximum absolute atomic E-state index is 13.0. The Morgan fingerprint density at radius 1 is 1.38 bits per heavy atom. The van der Waals surface area contributed by atoms with Gasteiger partial charge >= 0.3 is 0 Å². The molecule has 0 spiro atoms. The standard InChI is InChI=1S/C18H25N5O/c1-14-11-20-22(12-14)13-16-6-4-5-9-23(16)18(24)15-7-8-19-17(10-15)21(2)3/h7-8,10-12,16H,4-6,9,13H2,1-3H3/t16-/m1/s1. The van der Waals surface area contributed by atoms with Gasteiger partial charge in [-0.3, -0.25) is 9.48 Å². The van der Waals surface area contributed by atoms with Crippen molar-refractivity contribution in [2.75, 3.05) is 25.5 Å². The molecule has 0 saturated carbocycles. The Labute approximate surface area is 143 Å². The number of pyridine rings is 1. The maximum Gasteiger partial charge on any atom is 0.254 e. The SMILES string of the molecule is Cc1cnn(C[C@H]2CCCCN2C(=O)c2ccnc(N(C)C)c2)c1. The van der Waals surface area contributed by atoms with Crippen molar-refractivity contribution in [3.63, 3.8) is 0 Å². The summed E-state index contributed by atoms with van der Waals surface area (Å²) in [6.07, 6.45) is 8.85. The first-order valence-electron chi connectivity index (χ1n) is 8.48. The number of aryl methyl sites for hydroxylation is 1. The Morgan fingerprint density at radius 3 is 2.92 bits per heavy atom. The summed E-state index contributed by atoms with van der Waals surface area (Å²) in [6, 6.07) is 3.87. The lowest BCUT2D eigenvalue weighted by molar-refractivity contribution is 0.0584. The fourth-order valence-corrected chi connectivity index (χ4v) is 3.20. The zero-order chi connectivity index (χ0) is 17.1. The van der Waals surface area contributed by atoms with Gasteiger partial charge in [0.25, 0.3) is 5.91 Å². The van der Waals surface area contributed by atoms with Gasteiger partial charge in [-0.05, 0) is 43.9 Å². The number of hydrogen-bond acceptors (Lipinski definition) is 4. The number of aromatic nitrogens is 3. The summed E-state index contributed by atoms with van der Waals surface area (Å²) < 4.78 is 1.95. The summed E-state index contributed by atoms with van der Waals surface area (Å²) in [5, 5.41) is 4.38. The smallest absolute Gasteiger partial charge is 0.254 e. The first-order chi connectivity index (χ1) is 11.5. The van der Waals surface area contributed by atoms with Crippen molar-refractivity contribution in [2.24, 2.45) is 0 Å². The van der Waals surface area contributed by atoms with Crippen LogP contribution in [0.25, 0.3) is 0 Å². The summed E-state index contributed by atoms with van der Waals surface area (Å²) in [5.74, 6) is 0.895. The summed E-state index contributed by atoms with van der Waals surface area (Å²) >= 11 is 0. The molecule has 2 aromatic heterocycles. The molecule has 0 unspecified atom stereocenters. The molecule has 24 heavy (non-hydrogen) atoms. The van der Waals surface area contributed by atoms with Gasteiger partial charge in [-0.1, -0.05) is 0 Å². The fraction of sp³-hybridized carbons (Fsp3) is 0.500. The fourth-order valence-electron chi connectivity index (χ4n) is 3.20. The molecule has 1 amide bonds. The number of hydrogen-bond donors (Lipinski definition) is 0. The molecule has 1 aliphatic rings. The molecule has 0 aromatic carbocycles. The number of carbonyl (C=O) groups is 1. The average Bonchev–Trinajstić information content (AvgIpc) is 3.00. The lowest BCUT2D eigenvalue weighted by atomic mass is 10.0. The van der Waals surface area contributed by atoms with E-state index in [1.807, 2.05) is 54.0 Å². The lowest BCUT2D eigenvalue weighted by Gasteiger charge is -2.36. The highest BCUT2D eigenvalue weighted by Gasteiger charge is 2.28. The second kappa shape index (κ2) is 7.03. The summed E-state index contributed by atoms with van der Waals surface area (Å²) in [5.41, 5.74) is 1.85. The predicted octanol–water partition coefficient (Wildman–Crippen LogP) is 2.35. The summed E-state index contributed by atoms with van der Waals surface area (Å²) in [4.78, 5) is 21.3. The van der Waals surface area contributed by atoms with Gasteiger partial charge in [-0.2, -0.15) is 5.10 Å². The van der Waals surface area contributed by atoms with E-state index in [2.05, 4.69) is 10.1 Å². The number of nitrogens with zero attached hydrogens (tertiary/aromatic N) is 5. The van der Waals surface area contributed by atoms with Crippen molar-refractivity contribution in [1.82, 2.24) is 19.7 Å². The third kappa shape index (κ3) is 3.58. The Kier molecular flexibility index (Phi) is 4.83. The van der Waals surface area contributed by atoms with E-state index in [4.69, 9.17) is 0 Å². The quantitative estimate of drug-likeness (QED) is 0.865. The summed E-state index contributed by atoms with van der Waals surface area (Å²) in [7, 11) is 3.86. The molecule has 1 fully saturated rings. The highest BCUT2D eigenvalue weighted by atomic mass is 16.2. The first kappa shape index (κ1) is 16.5. The van der Waals surface area contributed by atoms with Crippen molar-refractivity contribution in [2.45, 2.75) is 38.8 Å². The van der Waals surface area contributed by atoms with Gasteiger partial charge in [0.05, 0.1) is 18.8 Å². The predicted molar refractivity (Wildman–Crippen MR) is 94.2 cm³/mol.